The Labute approximate surface area is 160 Å². The fraction of sp³-hybridized carbons (Fsp3) is 0.474. The molecule has 0 amide bonds. The van der Waals surface area contributed by atoms with Crippen molar-refractivity contribution < 1.29 is 4.74 Å². The highest BCUT2D eigenvalue weighted by Gasteiger charge is 2.08. The van der Waals surface area contributed by atoms with Gasteiger partial charge in [-0.05, 0) is 63.3 Å². The van der Waals surface area contributed by atoms with E-state index in [1.807, 2.05) is 39.0 Å². The first kappa shape index (κ1) is 21.9. The summed E-state index contributed by atoms with van der Waals surface area (Å²) in [6, 6.07) is 5.78. The number of aromatic nitrogens is 1. The molecule has 1 aromatic carbocycles. The second-order valence-corrected chi connectivity index (χ2v) is 6.71. The highest BCUT2D eigenvalue weighted by Crippen LogP contribution is 2.26. The van der Waals surface area contributed by atoms with Gasteiger partial charge in [0.25, 0.3) is 0 Å². The quantitative estimate of drug-likeness (QED) is 0.238. The number of nitrogens with two attached hydrogens (primary N) is 2. The Morgan fingerprint density at radius 2 is 1.96 bits per heavy atom. The van der Waals surface area contributed by atoms with Crippen LogP contribution in [0.4, 0.5) is 5.69 Å². The predicted octanol–water partition coefficient (Wildman–Crippen LogP) is 4.02. The maximum atomic E-state index is 5.91. The first-order valence-corrected chi connectivity index (χ1v) is 9.81. The zero-order valence-electron chi connectivity index (χ0n) is 16.5. The van der Waals surface area contributed by atoms with Crippen LogP contribution in [-0.4, -0.2) is 17.9 Å². The minimum Gasteiger partial charge on any atom is -0.496 e. The molecule has 0 unspecified atom stereocenters. The Bertz CT molecular complexity index is 695. The van der Waals surface area contributed by atoms with Gasteiger partial charge in [0.1, 0.15) is 11.6 Å². The minimum absolute atomic E-state index is 0.411. The molecule has 144 valence electrons. The van der Waals surface area contributed by atoms with Gasteiger partial charge in [-0.15, -0.1) is 16.4 Å². The number of amidine groups is 1. The molecule has 0 aliphatic heterocycles. The Kier molecular flexibility index (Phi) is 9.69. The lowest BCUT2D eigenvalue weighted by Gasteiger charge is -2.16. The zero-order chi connectivity index (χ0) is 19.5. The second-order valence-electron chi connectivity index (χ2n) is 5.65. The van der Waals surface area contributed by atoms with Crippen molar-refractivity contribution in [3.63, 3.8) is 0 Å². The number of thiazole rings is 1. The van der Waals surface area contributed by atoms with Crippen LogP contribution in [0.2, 0.25) is 0 Å². The molecular weight excluding hydrogens is 346 g/mol. The molecular formula is C19H31N5OS. The Morgan fingerprint density at radius 3 is 2.54 bits per heavy atom. The third kappa shape index (κ3) is 7.01. The lowest BCUT2D eigenvalue weighted by molar-refractivity contribution is 0.409. The van der Waals surface area contributed by atoms with E-state index in [9.17, 15) is 0 Å². The fourth-order valence-corrected chi connectivity index (χ4v) is 3.12. The van der Waals surface area contributed by atoms with E-state index >= 15 is 0 Å². The van der Waals surface area contributed by atoms with Crippen molar-refractivity contribution >= 4 is 22.9 Å². The summed E-state index contributed by atoms with van der Waals surface area (Å²) in [5.74, 6) is 7.18. The number of hydrogen-bond acceptors (Lipinski definition) is 6. The molecule has 7 heteroatoms. The maximum absolute atomic E-state index is 5.91. The lowest BCUT2D eigenvalue weighted by Crippen LogP contribution is -2.27. The molecule has 0 bridgehead atoms. The van der Waals surface area contributed by atoms with Crippen molar-refractivity contribution in [3.8, 4) is 5.75 Å². The molecule has 0 atom stereocenters. The first-order chi connectivity index (χ1) is 12.5. The summed E-state index contributed by atoms with van der Waals surface area (Å²) in [7, 11) is 1.68. The molecule has 26 heavy (non-hydrogen) atoms. The van der Waals surface area contributed by atoms with Crippen LogP contribution in [0.15, 0.2) is 28.7 Å². The molecule has 1 heterocycles. The Morgan fingerprint density at radius 1 is 1.27 bits per heavy atom. The Balaban J connectivity index is 0.00000163. The van der Waals surface area contributed by atoms with Gasteiger partial charge in [0.15, 0.2) is 0 Å². The average Bonchev–Trinajstić information content (AvgIpc) is 3.05. The number of hydrazone groups is 1. The van der Waals surface area contributed by atoms with Crippen molar-refractivity contribution in [2.24, 2.45) is 16.7 Å². The fourth-order valence-electron chi connectivity index (χ4n) is 2.48. The summed E-state index contributed by atoms with van der Waals surface area (Å²) in [5, 5.41) is 8.59. The van der Waals surface area contributed by atoms with Crippen molar-refractivity contribution in [2.45, 2.75) is 53.4 Å². The minimum atomic E-state index is 0.411. The first-order valence-electron chi connectivity index (χ1n) is 8.93. The number of anilines is 1. The van der Waals surface area contributed by atoms with Gasteiger partial charge in [-0.1, -0.05) is 13.8 Å². The van der Waals surface area contributed by atoms with Crippen LogP contribution in [0, 0.1) is 6.92 Å². The molecule has 0 fully saturated rings. The predicted molar refractivity (Wildman–Crippen MR) is 112 cm³/mol. The van der Waals surface area contributed by atoms with Crippen LogP contribution in [0.1, 0.15) is 49.9 Å². The summed E-state index contributed by atoms with van der Waals surface area (Å²) in [6.45, 7) is 7.74. The van der Waals surface area contributed by atoms with Crippen molar-refractivity contribution in [3.05, 3.63) is 39.8 Å². The van der Waals surface area contributed by atoms with Gasteiger partial charge >= 0.3 is 0 Å². The van der Waals surface area contributed by atoms with Crippen molar-refractivity contribution in [1.82, 2.24) is 4.98 Å². The molecule has 0 aliphatic carbocycles. The third-order valence-corrected chi connectivity index (χ3v) is 4.41. The summed E-state index contributed by atoms with van der Waals surface area (Å²) in [4.78, 5) is 4.50. The number of rotatable bonds is 8. The van der Waals surface area contributed by atoms with Gasteiger partial charge in [-0.3, -0.25) is 0 Å². The Hall–Kier alpha value is -2.12. The van der Waals surface area contributed by atoms with Gasteiger partial charge in [-0.2, -0.15) is 5.12 Å². The van der Waals surface area contributed by atoms with E-state index < -0.39 is 0 Å². The van der Waals surface area contributed by atoms with Crippen LogP contribution >= 0.6 is 11.3 Å². The van der Waals surface area contributed by atoms with Crippen LogP contribution in [0.3, 0.4) is 0 Å². The van der Waals surface area contributed by atoms with Gasteiger partial charge < -0.3 is 10.5 Å². The topological polar surface area (TPSA) is 89.8 Å². The summed E-state index contributed by atoms with van der Waals surface area (Å²) < 4.78 is 5.45. The highest BCUT2D eigenvalue weighted by molar-refractivity contribution is 7.09. The number of unbranched alkanes of at least 4 members (excludes halogenated alkanes) is 1. The molecule has 0 saturated heterocycles. The third-order valence-electron chi connectivity index (χ3n) is 3.59. The molecule has 0 spiro atoms. The number of methoxy groups -OCH3 is 1. The number of hydrogen-bond donors (Lipinski definition) is 2. The van der Waals surface area contributed by atoms with E-state index in [1.54, 1.807) is 25.4 Å². The van der Waals surface area contributed by atoms with E-state index in [2.05, 4.69) is 15.5 Å². The number of hydrazine groups is 1. The van der Waals surface area contributed by atoms with Gasteiger partial charge in [0, 0.05) is 5.38 Å². The molecule has 2 aromatic rings. The van der Waals surface area contributed by atoms with Crippen LogP contribution < -0.4 is 21.4 Å². The molecule has 0 aliphatic rings. The van der Waals surface area contributed by atoms with Gasteiger partial charge in [0.2, 0.25) is 0 Å². The zero-order valence-corrected chi connectivity index (χ0v) is 17.3. The van der Waals surface area contributed by atoms with Gasteiger partial charge in [-0.25, -0.2) is 10.8 Å². The summed E-state index contributed by atoms with van der Waals surface area (Å²) in [5.41, 5.74) is 8.66. The van der Waals surface area contributed by atoms with E-state index in [0.29, 0.717) is 5.84 Å². The standard InChI is InChI=1S/C17H25N5OS.C2H6/c1-12(18)21-22(19)16-8-9-17(23-3)14(10-16)6-4-5-7-15-11-24-13(2)20-15;1-2/h8-11H,4-7,19H2,1-3H3,(H2,18,21);1-2H3. The van der Waals surface area contributed by atoms with Gasteiger partial charge in [0.05, 0.1) is 23.5 Å². The number of ether oxygens (including phenoxy) is 1. The molecule has 6 nitrogen and oxygen atoms in total. The van der Waals surface area contributed by atoms with E-state index in [4.69, 9.17) is 16.3 Å². The van der Waals surface area contributed by atoms with Crippen molar-refractivity contribution in [2.75, 3.05) is 12.2 Å². The maximum Gasteiger partial charge on any atom is 0.122 e. The van der Waals surface area contributed by atoms with E-state index in [1.165, 1.54) is 10.8 Å². The second kappa shape index (κ2) is 11.5. The summed E-state index contributed by atoms with van der Waals surface area (Å²) in [6.07, 6.45) is 4.06. The monoisotopic (exact) mass is 377 g/mol. The van der Waals surface area contributed by atoms with Crippen LogP contribution in [0.25, 0.3) is 0 Å². The normalized spacial score (nSPS) is 10.9. The highest BCUT2D eigenvalue weighted by atomic mass is 32.1. The van der Waals surface area contributed by atoms with Crippen LogP contribution in [0.5, 0.6) is 5.75 Å². The SMILES string of the molecule is CC.COc1ccc(N(N)/N=C(/C)N)cc1CCCCc1csc(C)n1. The molecule has 0 saturated carbocycles. The lowest BCUT2D eigenvalue weighted by atomic mass is 10.0. The van der Waals surface area contributed by atoms with E-state index in [-0.39, 0.29) is 0 Å². The number of aryl methyl sites for hydroxylation is 3. The van der Waals surface area contributed by atoms with Crippen LogP contribution in [-0.2, 0) is 12.8 Å². The van der Waals surface area contributed by atoms with E-state index in [0.717, 1.165) is 47.7 Å². The molecule has 2 rings (SSSR count). The molecule has 4 N–H and O–H groups in total. The number of benzene rings is 1. The molecule has 0 radical (unpaired) electrons. The largest absolute Gasteiger partial charge is 0.496 e. The average molecular weight is 378 g/mol. The smallest absolute Gasteiger partial charge is 0.122 e. The number of nitrogens with zero attached hydrogens (tertiary/aromatic N) is 3. The molecule has 1 aromatic heterocycles. The van der Waals surface area contributed by atoms with Crippen molar-refractivity contribution in [1.29, 1.82) is 0 Å². The summed E-state index contributed by atoms with van der Waals surface area (Å²) >= 11 is 1.70.